The molecule has 16 heavy (non-hydrogen) atoms. The molecule has 0 amide bonds. The van der Waals surface area contributed by atoms with Gasteiger partial charge in [-0.25, -0.2) is 4.98 Å². The van der Waals surface area contributed by atoms with Gasteiger partial charge in [-0.1, -0.05) is 23.2 Å². The van der Waals surface area contributed by atoms with Crippen LogP contribution in [0, 0.1) is 0 Å². The van der Waals surface area contributed by atoms with Crippen LogP contribution in [0.2, 0.25) is 8.67 Å². The van der Waals surface area contributed by atoms with E-state index in [0.717, 1.165) is 5.56 Å². The van der Waals surface area contributed by atoms with E-state index in [1.807, 2.05) is 0 Å². The van der Waals surface area contributed by atoms with Gasteiger partial charge in [0.05, 0.1) is 16.5 Å². The number of carboxylic acid groups (broad SMARTS) is 1. The highest BCUT2D eigenvalue weighted by Crippen LogP contribution is 2.38. The summed E-state index contributed by atoms with van der Waals surface area (Å²) < 4.78 is 1.16. The molecule has 7 heteroatoms. The smallest absolute Gasteiger partial charge is 0.310 e. The minimum atomic E-state index is -0.893. The predicted octanol–water partition coefficient (Wildman–Crippen LogP) is 3.81. The Morgan fingerprint density at radius 2 is 2.25 bits per heavy atom. The number of hydrogen-bond acceptors (Lipinski definition) is 4. The Labute approximate surface area is 109 Å². The Morgan fingerprint density at radius 1 is 1.50 bits per heavy atom. The standard InChI is InChI=1S/C9H5Cl2NO2S2/c10-6-1-4(9(11)16-6)5-3-15-7(12-5)2-8(13)14/h1,3H,2H2,(H,13,14). The van der Waals surface area contributed by atoms with Crippen LogP contribution in [0.5, 0.6) is 0 Å². The van der Waals surface area contributed by atoms with Crippen molar-refractivity contribution in [2.24, 2.45) is 0 Å². The highest BCUT2D eigenvalue weighted by atomic mass is 35.5. The average molecular weight is 294 g/mol. The SMILES string of the molecule is O=C(O)Cc1nc(-c2cc(Cl)sc2Cl)cs1. The maximum atomic E-state index is 10.5. The van der Waals surface area contributed by atoms with Gasteiger partial charge in [0.25, 0.3) is 0 Å². The summed E-state index contributed by atoms with van der Waals surface area (Å²) in [5.74, 6) is -0.893. The largest absolute Gasteiger partial charge is 0.481 e. The molecule has 2 rings (SSSR count). The summed E-state index contributed by atoms with van der Waals surface area (Å²) >= 11 is 14.4. The second-order valence-corrected chi connectivity index (χ2v) is 6.16. The van der Waals surface area contributed by atoms with Crippen molar-refractivity contribution in [2.75, 3.05) is 0 Å². The summed E-state index contributed by atoms with van der Waals surface area (Å²) in [6.45, 7) is 0. The predicted molar refractivity (Wildman–Crippen MR) is 66.8 cm³/mol. The summed E-state index contributed by atoms with van der Waals surface area (Å²) in [5, 5.41) is 11.0. The maximum Gasteiger partial charge on any atom is 0.310 e. The molecule has 0 bridgehead atoms. The van der Waals surface area contributed by atoms with E-state index in [-0.39, 0.29) is 6.42 Å². The number of carboxylic acids is 1. The van der Waals surface area contributed by atoms with Crippen LogP contribution >= 0.6 is 45.9 Å². The molecule has 84 valence electrons. The van der Waals surface area contributed by atoms with Gasteiger partial charge in [0.15, 0.2) is 0 Å². The molecule has 2 aromatic rings. The molecule has 2 aromatic heterocycles. The normalized spacial score (nSPS) is 10.6. The Kier molecular flexibility index (Phi) is 3.49. The first-order valence-electron chi connectivity index (χ1n) is 4.17. The molecule has 0 aliphatic rings. The van der Waals surface area contributed by atoms with Crippen LogP contribution in [0.15, 0.2) is 11.4 Å². The first kappa shape index (κ1) is 11.9. The van der Waals surface area contributed by atoms with Gasteiger partial charge < -0.3 is 5.11 Å². The van der Waals surface area contributed by atoms with Gasteiger partial charge in [0, 0.05) is 10.9 Å². The molecule has 0 radical (unpaired) electrons. The Balaban J connectivity index is 2.31. The number of nitrogens with zero attached hydrogens (tertiary/aromatic N) is 1. The van der Waals surface area contributed by atoms with Crippen molar-refractivity contribution in [3.05, 3.63) is 25.1 Å². The van der Waals surface area contributed by atoms with E-state index >= 15 is 0 Å². The third kappa shape index (κ3) is 2.55. The van der Waals surface area contributed by atoms with Crippen LogP contribution in [0.4, 0.5) is 0 Å². The quantitative estimate of drug-likeness (QED) is 0.936. The number of aromatic nitrogens is 1. The molecular weight excluding hydrogens is 289 g/mol. The van der Waals surface area contributed by atoms with Crippen LogP contribution in [-0.4, -0.2) is 16.1 Å². The first-order valence-corrected chi connectivity index (χ1v) is 6.63. The summed E-state index contributed by atoms with van der Waals surface area (Å²) in [5.41, 5.74) is 1.43. The molecule has 0 aliphatic carbocycles. The minimum Gasteiger partial charge on any atom is -0.481 e. The average Bonchev–Trinajstić information content (AvgIpc) is 2.72. The third-order valence-electron chi connectivity index (χ3n) is 1.79. The number of carbonyl (C=O) groups is 1. The van der Waals surface area contributed by atoms with Crippen molar-refractivity contribution >= 4 is 51.8 Å². The number of rotatable bonds is 3. The lowest BCUT2D eigenvalue weighted by Gasteiger charge is -1.91. The Hall–Kier alpha value is -0.620. The number of hydrogen-bond donors (Lipinski definition) is 1. The molecule has 0 spiro atoms. The van der Waals surface area contributed by atoms with E-state index < -0.39 is 5.97 Å². The fourth-order valence-electron chi connectivity index (χ4n) is 1.16. The van der Waals surface area contributed by atoms with E-state index in [2.05, 4.69) is 4.98 Å². The van der Waals surface area contributed by atoms with Gasteiger partial charge in [-0.05, 0) is 6.07 Å². The van der Waals surface area contributed by atoms with E-state index in [4.69, 9.17) is 28.3 Å². The number of aliphatic carboxylic acids is 1. The van der Waals surface area contributed by atoms with Crippen molar-refractivity contribution in [2.45, 2.75) is 6.42 Å². The lowest BCUT2D eigenvalue weighted by atomic mass is 10.3. The monoisotopic (exact) mass is 293 g/mol. The first-order chi connectivity index (χ1) is 7.56. The molecule has 3 nitrogen and oxygen atoms in total. The van der Waals surface area contributed by atoms with Gasteiger partial charge in [0.1, 0.15) is 9.34 Å². The highest BCUT2D eigenvalue weighted by Gasteiger charge is 2.13. The lowest BCUT2D eigenvalue weighted by molar-refractivity contribution is -0.136. The molecule has 0 fully saturated rings. The molecule has 0 saturated carbocycles. The lowest BCUT2D eigenvalue weighted by Crippen LogP contribution is -1.98. The van der Waals surface area contributed by atoms with Crippen LogP contribution in [0.3, 0.4) is 0 Å². The Morgan fingerprint density at radius 3 is 2.81 bits per heavy atom. The van der Waals surface area contributed by atoms with E-state index in [1.54, 1.807) is 11.4 Å². The topological polar surface area (TPSA) is 50.2 Å². The molecule has 0 atom stereocenters. The fourth-order valence-corrected chi connectivity index (χ4v) is 3.43. The Bertz CT molecular complexity index is 535. The zero-order valence-corrected chi connectivity index (χ0v) is 10.9. The van der Waals surface area contributed by atoms with Crippen LogP contribution in [0.25, 0.3) is 11.3 Å². The van der Waals surface area contributed by atoms with Crippen molar-refractivity contribution in [3.8, 4) is 11.3 Å². The van der Waals surface area contributed by atoms with E-state index in [0.29, 0.717) is 19.4 Å². The second kappa shape index (κ2) is 4.71. The van der Waals surface area contributed by atoms with Crippen molar-refractivity contribution in [3.63, 3.8) is 0 Å². The summed E-state index contributed by atoms with van der Waals surface area (Å²) in [6, 6.07) is 1.73. The molecule has 0 saturated heterocycles. The summed E-state index contributed by atoms with van der Waals surface area (Å²) in [7, 11) is 0. The summed E-state index contributed by atoms with van der Waals surface area (Å²) in [4.78, 5) is 14.7. The van der Waals surface area contributed by atoms with Crippen molar-refractivity contribution in [1.82, 2.24) is 4.98 Å². The molecule has 2 heterocycles. The van der Waals surface area contributed by atoms with Crippen molar-refractivity contribution < 1.29 is 9.90 Å². The fraction of sp³-hybridized carbons (Fsp3) is 0.111. The molecule has 1 N–H and O–H groups in total. The third-order valence-corrected chi connectivity index (χ3v) is 4.12. The second-order valence-electron chi connectivity index (χ2n) is 2.93. The molecular formula is C9H5Cl2NO2S2. The maximum absolute atomic E-state index is 10.5. The molecule has 0 aliphatic heterocycles. The van der Waals surface area contributed by atoms with E-state index in [1.165, 1.54) is 22.7 Å². The van der Waals surface area contributed by atoms with Crippen LogP contribution < -0.4 is 0 Å². The van der Waals surface area contributed by atoms with Gasteiger partial charge >= 0.3 is 5.97 Å². The number of halogens is 2. The van der Waals surface area contributed by atoms with Gasteiger partial charge in [0.2, 0.25) is 0 Å². The number of thiazole rings is 1. The molecule has 0 unspecified atom stereocenters. The zero-order valence-electron chi connectivity index (χ0n) is 7.74. The van der Waals surface area contributed by atoms with E-state index in [9.17, 15) is 4.79 Å². The number of thiophene rings is 1. The minimum absolute atomic E-state index is 0.0693. The van der Waals surface area contributed by atoms with Gasteiger partial charge in [-0.3, -0.25) is 4.79 Å². The highest BCUT2D eigenvalue weighted by molar-refractivity contribution is 7.20. The zero-order chi connectivity index (χ0) is 11.7. The van der Waals surface area contributed by atoms with Gasteiger partial charge in [-0.15, -0.1) is 22.7 Å². The van der Waals surface area contributed by atoms with Gasteiger partial charge in [-0.2, -0.15) is 0 Å². The van der Waals surface area contributed by atoms with Crippen LogP contribution in [0.1, 0.15) is 5.01 Å². The van der Waals surface area contributed by atoms with Crippen LogP contribution in [-0.2, 0) is 11.2 Å². The van der Waals surface area contributed by atoms with Crippen molar-refractivity contribution in [1.29, 1.82) is 0 Å². The molecule has 0 aromatic carbocycles. The summed E-state index contributed by atoms with van der Waals surface area (Å²) in [6.07, 6.45) is -0.0693.